The van der Waals surface area contributed by atoms with Crippen molar-refractivity contribution in [2.45, 2.75) is 19.4 Å². The topological polar surface area (TPSA) is 82.3 Å². The van der Waals surface area contributed by atoms with Crippen LogP contribution in [0.25, 0.3) is 10.9 Å². The van der Waals surface area contributed by atoms with E-state index in [4.69, 9.17) is 14.0 Å². The molecule has 1 fully saturated rings. The van der Waals surface area contributed by atoms with Gasteiger partial charge in [-0.05, 0) is 25.5 Å². The van der Waals surface area contributed by atoms with Gasteiger partial charge in [0.1, 0.15) is 6.10 Å². The van der Waals surface area contributed by atoms with Gasteiger partial charge in [0.05, 0.1) is 12.6 Å². The Bertz CT molecular complexity index is 930. The molecule has 26 heavy (non-hydrogen) atoms. The minimum atomic E-state index is -0.430. The number of hydrogen-bond acceptors (Lipinski definition) is 7. The van der Waals surface area contributed by atoms with E-state index in [2.05, 4.69) is 20.4 Å². The minimum absolute atomic E-state index is 0.192. The first kappa shape index (κ1) is 16.7. The van der Waals surface area contributed by atoms with E-state index in [1.54, 1.807) is 19.2 Å². The average molecular weight is 358 g/mol. The van der Waals surface area contributed by atoms with Gasteiger partial charge in [0.2, 0.25) is 0 Å². The summed E-state index contributed by atoms with van der Waals surface area (Å²) in [6.45, 7) is 3.09. The molecule has 2 unspecified atom stereocenters. The van der Waals surface area contributed by atoms with Crippen molar-refractivity contribution in [1.29, 1.82) is 0 Å². The zero-order chi connectivity index (χ0) is 18.1. The number of halogens is 1. The highest BCUT2D eigenvalue weighted by Gasteiger charge is 2.33. The monoisotopic (exact) mass is 358 g/mol. The molecule has 3 aromatic rings. The van der Waals surface area contributed by atoms with Crippen LogP contribution in [0.15, 0.2) is 28.9 Å². The molecule has 136 valence electrons. The van der Waals surface area contributed by atoms with Gasteiger partial charge in [0, 0.05) is 42.4 Å². The predicted molar refractivity (Wildman–Crippen MR) is 92.6 cm³/mol. The van der Waals surface area contributed by atoms with Gasteiger partial charge in [0.25, 0.3) is 5.89 Å². The Morgan fingerprint density at radius 2 is 2.27 bits per heavy atom. The highest BCUT2D eigenvalue weighted by molar-refractivity contribution is 5.92. The van der Waals surface area contributed by atoms with Crippen molar-refractivity contribution < 1.29 is 18.4 Å². The molecule has 2 aromatic heterocycles. The molecular weight excluding hydrogens is 339 g/mol. The number of aryl methyl sites for hydroxylation is 1. The van der Waals surface area contributed by atoms with Crippen LogP contribution in [0.3, 0.4) is 0 Å². The van der Waals surface area contributed by atoms with Gasteiger partial charge < -0.3 is 19.3 Å². The van der Waals surface area contributed by atoms with Crippen molar-refractivity contribution >= 4 is 16.6 Å². The van der Waals surface area contributed by atoms with E-state index >= 15 is 0 Å². The molecule has 0 radical (unpaired) electrons. The second-order valence-electron chi connectivity index (χ2n) is 6.26. The summed E-state index contributed by atoms with van der Waals surface area (Å²) in [6.07, 6.45) is 2.32. The number of fused-ring (bicyclic) bond motifs is 1. The number of nitrogens with zero attached hydrogens (tertiary/aromatic N) is 3. The zero-order valence-electron chi connectivity index (χ0n) is 14.5. The molecule has 8 heteroatoms. The van der Waals surface area contributed by atoms with Crippen LogP contribution in [0.2, 0.25) is 0 Å². The lowest BCUT2D eigenvalue weighted by Gasteiger charge is -2.17. The van der Waals surface area contributed by atoms with Crippen molar-refractivity contribution in [3.8, 4) is 5.75 Å². The number of ether oxygens (including phenoxy) is 2. The van der Waals surface area contributed by atoms with Gasteiger partial charge in [-0.1, -0.05) is 5.16 Å². The van der Waals surface area contributed by atoms with Crippen LogP contribution >= 0.6 is 0 Å². The molecular formula is C18H19FN4O3. The Kier molecular flexibility index (Phi) is 4.42. The summed E-state index contributed by atoms with van der Waals surface area (Å²) in [5.74, 6) is 1.06. The Morgan fingerprint density at radius 3 is 3.04 bits per heavy atom. The fourth-order valence-corrected chi connectivity index (χ4v) is 3.24. The summed E-state index contributed by atoms with van der Waals surface area (Å²) in [5.41, 5.74) is 1.43. The van der Waals surface area contributed by atoms with Gasteiger partial charge in [0.15, 0.2) is 17.4 Å². The summed E-state index contributed by atoms with van der Waals surface area (Å²) in [7, 11) is 1.45. The third kappa shape index (κ3) is 3.08. The quantitative estimate of drug-likeness (QED) is 0.749. The van der Waals surface area contributed by atoms with Gasteiger partial charge in [-0.25, -0.2) is 4.39 Å². The maximum Gasteiger partial charge on any atom is 0.256 e. The maximum atomic E-state index is 13.9. The molecule has 0 amide bonds. The molecule has 2 atom stereocenters. The van der Waals surface area contributed by atoms with Crippen LogP contribution in [0.1, 0.15) is 24.2 Å². The largest absolute Gasteiger partial charge is 0.494 e. The van der Waals surface area contributed by atoms with E-state index < -0.39 is 5.82 Å². The molecule has 0 bridgehead atoms. The van der Waals surface area contributed by atoms with Crippen LogP contribution < -0.4 is 10.1 Å². The normalized spacial score (nSPS) is 19.8. The van der Waals surface area contributed by atoms with Crippen molar-refractivity contribution in [1.82, 2.24) is 15.1 Å². The lowest BCUT2D eigenvalue weighted by Crippen LogP contribution is -2.18. The number of nitrogens with one attached hydrogen (secondary N) is 1. The number of methoxy groups -OCH3 is 1. The van der Waals surface area contributed by atoms with E-state index in [-0.39, 0.29) is 17.8 Å². The highest BCUT2D eigenvalue weighted by atomic mass is 19.1. The van der Waals surface area contributed by atoms with Crippen LogP contribution in [0, 0.1) is 18.7 Å². The lowest BCUT2D eigenvalue weighted by atomic mass is 10.0. The van der Waals surface area contributed by atoms with Crippen LogP contribution in [-0.2, 0) is 4.74 Å². The third-order valence-electron chi connectivity index (χ3n) is 4.57. The molecule has 1 N–H and O–H groups in total. The molecule has 4 rings (SSSR count). The predicted octanol–water partition coefficient (Wildman–Crippen LogP) is 3.26. The average Bonchev–Trinajstić information content (AvgIpc) is 3.27. The van der Waals surface area contributed by atoms with Gasteiger partial charge in [-0.3, -0.25) is 4.98 Å². The molecule has 0 aliphatic carbocycles. The number of benzene rings is 1. The third-order valence-corrected chi connectivity index (χ3v) is 4.57. The first-order valence-electron chi connectivity index (χ1n) is 8.43. The smallest absolute Gasteiger partial charge is 0.256 e. The van der Waals surface area contributed by atoms with Crippen LogP contribution in [0.4, 0.5) is 10.1 Å². The van der Waals surface area contributed by atoms with Gasteiger partial charge in [-0.15, -0.1) is 0 Å². The fourth-order valence-electron chi connectivity index (χ4n) is 3.24. The van der Waals surface area contributed by atoms with E-state index in [0.29, 0.717) is 30.4 Å². The Morgan fingerprint density at radius 1 is 1.38 bits per heavy atom. The van der Waals surface area contributed by atoms with Gasteiger partial charge >= 0.3 is 0 Å². The van der Waals surface area contributed by atoms with Crippen molar-refractivity contribution in [3.05, 3.63) is 41.9 Å². The van der Waals surface area contributed by atoms with Crippen molar-refractivity contribution in [2.24, 2.45) is 5.92 Å². The Hall–Kier alpha value is -2.74. The van der Waals surface area contributed by atoms with E-state index in [9.17, 15) is 4.39 Å². The second kappa shape index (κ2) is 6.87. The molecule has 1 aromatic carbocycles. The van der Waals surface area contributed by atoms with Crippen LogP contribution in [0.5, 0.6) is 5.75 Å². The molecule has 0 spiro atoms. The summed E-state index contributed by atoms with van der Waals surface area (Å²) in [4.78, 5) is 8.51. The highest BCUT2D eigenvalue weighted by Crippen LogP contribution is 2.35. The fraction of sp³-hybridized carbons (Fsp3) is 0.389. The van der Waals surface area contributed by atoms with E-state index in [1.165, 1.54) is 13.2 Å². The number of aromatic nitrogens is 3. The molecule has 1 aliphatic rings. The Labute approximate surface area is 149 Å². The van der Waals surface area contributed by atoms with Crippen molar-refractivity contribution in [2.75, 3.05) is 25.6 Å². The SMILES string of the molecule is COc1cc2c(NCC3CCOC3c3nc(C)no3)ccnc2cc1F. The molecule has 0 saturated carbocycles. The van der Waals surface area contributed by atoms with Crippen molar-refractivity contribution in [3.63, 3.8) is 0 Å². The molecule has 1 saturated heterocycles. The minimum Gasteiger partial charge on any atom is -0.494 e. The first-order chi connectivity index (χ1) is 12.7. The van der Waals surface area contributed by atoms with E-state index in [1.807, 2.05) is 6.07 Å². The van der Waals surface area contributed by atoms with Gasteiger partial charge in [-0.2, -0.15) is 4.98 Å². The summed E-state index contributed by atoms with van der Waals surface area (Å²) in [6, 6.07) is 4.90. The molecule has 3 heterocycles. The zero-order valence-corrected chi connectivity index (χ0v) is 14.5. The number of pyridine rings is 1. The second-order valence-corrected chi connectivity index (χ2v) is 6.26. The number of hydrogen-bond donors (Lipinski definition) is 1. The molecule has 7 nitrogen and oxygen atoms in total. The Balaban J connectivity index is 1.56. The maximum absolute atomic E-state index is 13.9. The summed E-state index contributed by atoms with van der Waals surface area (Å²) >= 11 is 0. The number of rotatable bonds is 5. The summed E-state index contributed by atoms with van der Waals surface area (Å²) < 4.78 is 30.0. The standard InChI is InChI=1S/C18H19FN4O3/c1-10-22-18(26-23-10)17-11(4-6-25-17)9-21-14-3-5-20-15-8-13(19)16(24-2)7-12(14)15/h3,5,7-8,11,17H,4,6,9H2,1-2H3,(H,20,21). The molecule has 1 aliphatic heterocycles. The number of anilines is 1. The van der Waals surface area contributed by atoms with Crippen LogP contribution in [-0.4, -0.2) is 35.4 Å². The van der Waals surface area contributed by atoms with E-state index in [0.717, 1.165) is 17.5 Å². The summed E-state index contributed by atoms with van der Waals surface area (Å²) in [5, 5.41) is 8.06. The lowest BCUT2D eigenvalue weighted by molar-refractivity contribution is 0.0650. The first-order valence-corrected chi connectivity index (χ1v) is 8.43.